The van der Waals surface area contributed by atoms with Crippen LogP contribution >= 0.6 is 0 Å². The SMILES string of the molecule is COCCN1CC(=O)Nc2ncc(-c3ccc(-c4ncn[nH]4)cc3)nc21.[HH]. The smallest absolute Gasteiger partial charge is 0.245 e. The number of anilines is 2. The second-order valence-corrected chi connectivity index (χ2v) is 5.80. The first kappa shape index (κ1) is 16.2. The first-order valence-electron chi connectivity index (χ1n) is 8.11. The lowest BCUT2D eigenvalue weighted by Gasteiger charge is -2.28. The topological polar surface area (TPSA) is 109 Å². The molecule has 0 bridgehead atoms. The van der Waals surface area contributed by atoms with E-state index in [1.807, 2.05) is 29.2 Å². The van der Waals surface area contributed by atoms with Crippen molar-refractivity contribution in [3.8, 4) is 22.6 Å². The van der Waals surface area contributed by atoms with Crippen LogP contribution in [0.15, 0.2) is 36.8 Å². The Morgan fingerprint density at radius 3 is 2.77 bits per heavy atom. The average Bonchev–Trinajstić information content (AvgIpc) is 3.20. The maximum atomic E-state index is 11.8. The van der Waals surface area contributed by atoms with Crippen LogP contribution in [-0.2, 0) is 9.53 Å². The molecule has 0 fully saturated rings. The molecule has 1 aromatic carbocycles. The molecule has 0 saturated carbocycles. The largest absolute Gasteiger partial charge is 0.383 e. The Hall–Kier alpha value is -3.33. The number of amides is 1. The van der Waals surface area contributed by atoms with Gasteiger partial charge in [0, 0.05) is 26.2 Å². The number of nitrogens with one attached hydrogen (secondary N) is 2. The molecule has 4 rings (SSSR count). The zero-order valence-electron chi connectivity index (χ0n) is 14.1. The van der Waals surface area contributed by atoms with Gasteiger partial charge in [-0.05, 0) is 0 Å². The van der Waals surface area contributed by atoms with Crippen molar-refractivity contribution in [3.63, 3.8) is 0 Å². The minimum absolute atomic E-state index is 0. The number of hydrogen-bond donors (Lipinski definition) is 2. The molecule has 3 heterocycles. The minimum atomic E-state index is -0.105. The number of aromatic nitrogens is 5. The fourth-order valence-corrected chi connectivity index (χ4v) is 2.78. The standard InChI is InChI=1S/C17H17N7O2.H2/c1-26-7-6-24-9-14(25)22-16-17(24)21-13(8-18-16)11-2-4-12(5-3-11)15-19-10-20-23-15;/h2-5,8,10H,6-7,9H2,1H3,(H,18,22,25)(H,19,20,23);1H. The van der Waals surface area contributed by atoms with Crippen LogP contribution < -0.4 is 10.2 Å². The van der Waals surface area contributed by atoms with Gasteiger partial charge >= 0.3 is 0 Å². The number of ether oxygens (including phenoxy) is 1. The van der Waals surface area contributed by atoms with E-state index in [1.54, 1.807) is 13.3 Å². The highest BCUT2D eigenvalue weighted by atomic mass is 16.5. The summed E-state index contributed by atoms with van der Waals surface area (Å²) in [5.41, 5.74) is 2.59. The summed E-state index contributed by atoms with van der Waals surface area (Å²) in [4.78, 5) is 26.9. The molecule has 0 atom stereocenters. The summed E-state index contributed by atoms with van der Waals surface area (Å²) in [6.45, 7) is 1.31. The molecule has 3 aromatic rings. The van der Waals surface area contributed by atoms with Crippen molar-refractivity contribution in [1.29, 1.82) is 0 Å². The summed E-state index contributed by atoms with van der Waals surface area (Å²) < 4.78 is 5.12. The fourth-order valence-electron chi connectivity index (χ4n) is 2.78. The van der Waals surface area contributed by atoms with Gasteiger partial charge in [0.1, 0.15) is 6.33 Å². The summed E-state index contributed by atoms with van der Waals surface area (Å²) in [5.74, 6) is 1.73. The highest BCUT2D eigenvalue weighted by Gasteiger charge is 2.24. The third-order valence-electron chi connectivity index (χ3n) is 4.08. The predicted octanol–water partition coefficient (Wildman–Crippen LogP) is 1.58. The third-order valence-corrected chi connectivity index (χ3v) is 4.08. The summed E-state index contributed by atoms with van der Waals surface area (Å²) in [6.07, 6.45) is 3.13. The molecule has 9 heteroatoms. The van der Waals surface area contributed by atoms with Crippen LogP contribution in [0, 0.1) is 0 Å². The number of hydrogen-bond acceptors (Lipinski definition) is 7. The zero-order valence-corrected chi connectivity index (χ0v) is 14.1. The number of aromatic amines is 1. The number of carbonyl (C=O) groups is 1. The van der Waals surface area contributed by atoms with E-state index < -0.39 is 0 Å². The highest BCUT2D eigenvalue weighted by Crippen LogP contribution is 2.29. The Kier molecular flexibility index (Phi) is 4.28. The molecule has 1 aliphatic heterocycles. The molecule has 1 aliphatic rings. The van der Waals surface area contributed by atoms with Crippen LogP contribution in [-0.4, -0.2) is 57.9 Å². The molecular weight excluding hydrogens is 334 g/mol. The molecule has 1 amide bonds. The molecule has 0 saturated heterocycles. The van der Waals surface area contributed by atoms with E-state index in [-0.39, 0.29) is 13.9 Å². The van der Waals surface area contributed by atoms with E-state index >= 15 is 0 Å². The second kappa shape index (κ2) is 6.89. The van der Waals surface area contributed by atoms with Gasteiger partial charge < -0.3 is 15.0 Å². The van der Waals surface area contributed by atoms with E-state index in [1.165, 1.54) is 6.33 Å². The summed E-state index contributed by atoms with van der Waals surface area (Å²) in [6, 6.07) is 7.80. The van der Waals surface area contributed by atoms with Gasteiger partial charge in [0.2, 0.25) is 5.91 Å². The van der Waals surface area contributed by atoms with E-state index in [2.05, 4.69) is 25.5 Å². The predicted molar refractivity (Wildman–Crippen MR) is 97.7 cm³/mol. The molecule has 0 unspecified atom stereocenters. The van der Waals surface area contributed by atoms with Gasteiger partial charge in [0.25, 0.3) is 0 Å². The van der Waals surface area contributed by atoms with Crippen LogP contribution in [0.1, 0.15) is 1.43 Å². The van der Waals surface area contributed by atoms with Gasteiger partial charge in [0.05, 0.1) is 25.0 Å². The molecule has 9 nitrogen and oxygen atoms in total. The van der Waals surface area contributed by atoms with Crippen LogP contribution in [0.4, 0.5) is 11.6 Å². The Morgan fingerprint density at radius 1 is 1.23 bits per heavy atom. The lowest BCUT2D eigenvalue weighted by Crippen LogP contribution is -2.41. The maximum Gasteiger partial charge on any atom is 0.245 e. The van der Waals surface area contributed by atoms with Gasteiger partial charge in [-0.2, -0.15) is 5.10 Å². The van der Waals surface area contributed by atoms with Gasteiger partial charge in [-0.1, -0.05) is 24.3 Å². The first-order chi connectivity index (χ1) is 12.7. The van der Waals surface area contributed by atoms with E-state index in [0.717, 1.165) is 16.8 Å². The summed E-state index contributed by atoms with van der Waals surface area (Å²) >= 11 is 0. The van der Waals surface area contributed by atoms with Crippen molar-refractivity contribution < 1.29 is 11.0 Å². The number of nitrogens with zero attached hydrogens (tertiary/aromatic N) is 5. The normalized spacial score (nSPS) is 13.4. The molecule has 0 spiro atoms. The summed E-state index contributed by atoms with van der Waals surface area (Å²) in [7, 11) is 1.63. The number of H-pyrrole nitrogens is 1. The highest BCUT2D eigenvalue weighted by molar-refractivity contribution is 5.99. The Bertz CT molecular complexity index is 916. The minimum Gasteiger partial charge on any atom is -0.383 e. The number of fused-ring (bicyclic) bond motifs is 1. The Balaban J connectivity index is 0.00000210. The van der Waals surface area contributed by atoms with Gasteiger partial charge in [-0.15, -0.1) is 0 Å². The second-order valence-electron chi connectivity index (χ2n) is 5.80. The fraction of sp³-hybridized carbons (Fsp3) is 0.235. The Morgan fingerprint density at radius 2 is 2.04 bits per heavy atom. The number of methoxy groups -OCH3 is 1. The lowest BCUT2D eigenvalue weighted by atomic mass is 10.1. The maximum absolute atomic E-state index is 11.8. The van der Waals surface area contributed by atoms with Crippen molar-refractivity contribution >= 4 is 17.5 Å². The molecule has 0 radical (unpaired) electrons. The quantitative estimate of drug-likeness (QED) is 0.717. The molecule has 2 N–H and O–H groups in total. The van der Waals surface area contributed by atoms with Crippen molar-refractivity contribution in [3.05, 3.63) is 36.8 Å². The van der Waals surface area contributed by atoms with Crippen LogP contribution in [0.5, 0.6) is 0 Å². The molecule has 134 valence electrons. The van der Waals surface area contributed by atoms with Crippen molar-refractivity contribution in [2.45, 2.75) is 0 Å². The molecule has 26 heavy (non-hydrogen) atoms. The number of rotatable bonds is 5. The lowest BCUT2D eigenvalue weighted by molar-refractivity contribution is -0.115. The van der Waals surface area contributed by atoms with Crippen molar-refractivity contribution in [2.75, 3.05) is 37.0 Å². The monoisotopic (exact) mass is 353 g/mol. The molecular formula is C17H19N7O2. The Labute approximate surface area is 150 Å². The van der Waals surface area contributed by atoms with E-state index in [4.69, 9.17) is 9.72 Å². The number of carbonyl (C=O) groups excluding carboxylic acids is 1. The van der Waals surface area contributed by atoms with Crippen molar-refractivity contribution in [1.82, 2.24) is 25.1 Å². The van der Waals surface area contributed by atoms with Gasteiger partial charge in [-0.3, -0.25) is 9.89 Å². The summed E-state index contributed by atoms with van der Waals surface area (Å²) in [5, 5.41) is 9.45. The average molecular weight is 353 g/mol. The number of benzene rings is 1. The van der Waals surface area contributed by atoms with Crippen LogP contribution in [0.25, 0.3) is 22.6 Å². The third kappa shape index (κ3) is 3.11. The van der Waals surface area contributed by atoms with Crippen molar-refractivity contribution in [2.24, 2.45) is 0 Å². The van der Waals surface area contributed by atoms with Crippen LogP contribution in [0.2, 0.25) is 0 Å². The van der Waals surface area contributed by atoms with Gasteiger partial charge in [0.15, 0.2) is 17.5 Å². The van der Waals surface area contributed by atoms with E-state index in [0.29, 0.717) is 30.6 Å². The van der Waals surface area contributed by atoms with E-state index in [9.17, 15) is 4.79 Å². The van der Waals surface area contributed by atoms with Gasteiger partial charge in [-0.25, -0.2) is 15.0 Å². The molecule has 0 aliphatic carbocycles. The zero-order chi connectivity index (χ0) is 17.9. The first-order valence-corrected chi connectivity index (χ1v) is 8.11. The van der Waals surface area contributed by atoms with Crippen LogP contribution in [0.3, 0.4) is 0 Å². The molecule has 2 aromatic heterocycles.